The van der Waals surface area contributed by atoms with Gasteiger partial charge < -0.3 is 15.2 Å². The van der Waals surface area contributed by atoms with Gasteiger partial charge in [0.05, 0.1) is 12.0 Å². The number of esters is 1. The minimum Gasteiger partial charge on any atom is -0.459 e. The van der Waals surface area contributed by atoms with E-state index in [9.17, 15) is 9.59 Å². The fraction of sp³-hybridized carbons (Fsp3) is 0.455. The van der Waals surface area contributed by atoms with E-state index in [0.29, 0.717) is 24.2 Å². The SMILES string of the molecule is Cc1ccc([C@@H]2C(C(=O)OC(C)C)=C(N)OC3=C2C(=O)CC(C)(C)C3)cc1. The number of nitrogens with two attached hydrogens (primary N) is 1. The second kappa shape index (κ2) is 6.87. The van der Waals surface area contributed by atoms with Crippen LogP contribution in [0, 0.1) is 12.3 Å². The van der Waals surface area contributed by atoms with Gasteiger partial charge in [0.15, 0.2) is 5.78 Å². The third-order valence-electron chi connectivity index (χ3n) is 4.93. The van der Waals surface area contributed by atoms with Gasteiger partial charge in [-0.2, -0.15) is 0 Å². The molecule has 27 heavy (non-hydrogen) atoms. The van der Waals surface area contributed by atoms with Crippen molar-refractivity contribution in [2.24, 2.45) is 11.1 Å². The van der Waals surface area contributed by atoms with Crippen molar-refractivity contribution in [1.29, 1.82) is 0 Å². The van der Waals surface area contributed by atoms with Crippen LogP contribution in [-0.2, 0) is 19.1 Å². The van der Waals surface area contributed by atoms with Gasteiger partial charge in [0.2, 0.25) is 5.88 Å². The van der Waals surface area contributed by atoms with Crippen molar-refractivity contribution in [3.8, 4) is 0 Å². The van der Waals surface area contributed by atoms with E-state index < -0.39 is 11.9 Å². The van der Waals surface area contributed by atoms with Gasteiger partial charge >= 0.3 is 5.97 Å². The summed E-state index contributed by atoms with van der Waals surface area (Å²) in [7, 11) is 0. The summed E-state index contributed by atoms with van der Waals surface area (Å²) < 4.78 is 11.2. The van der Waals surface area contributed by atoms with E-state index in [1.807, 2.05) is 45.0 Å². The second-order valence-electron chi connectivity index (χ2n) is 8.46. The number of rotatable bonds is 3. The predicted molar refractivity (Wildman–Crippen MR) is 102 cm³/mol. The minimum absolute atomic E-state index is 0.00540. The molecule has 1 heterocycles. The summed E-state index contributed by atoms with van der Waals surface area (Å²) in [5.41, 5.74) is 8.63. The quantitative estimate of drug-likeness (QED) is 0.818. The Bertz CT molecular complexity index is 844. The standard InChI is InChI=1S/C22H27NO4/c1-12(2)26-21(25)19-17(14-8-6-13(3)7-9-14)18-15(24)10-22(4,5)11-16(18)27-20(19)23/h6-9,12,17H,10-11,23H2,1-5H3/t17-/m0/s1. The molecule has 1 aliphatic carbocycles. The molecule has 0 unspecified atom stereocenters. The highest BCUT2D eigenvalue weighted by Crippen LogP contribution is 2.48. The first-order chi connectivity index (χ1) is 12.6. The number of carbonyl (C=O) groups excluding carboxylic acids is 2. The highest BCUT2D eigenvalue weighted by atomic mass is 16.5. The molecular formula is C22H27NO4. The molecule has 0 radical (unpaired) electrons. The Kier molecular flexibility index (Phi) is 4.89. The van der Waals surface area contributed by atoms with E-state index in [1.54, 1.807) is 13.8 Å². The molecule has 1 aromatic rings. The molecule has 0 amide bonds. The predicted octanol–water partition coefficient (Wildman–Crippen LogP) is 3.87. The summed E-state index contributed by atoms with van der Waals surface area (Å²) in [6, 6.07) is 7.78. The topological polar surface area (TPSA) is 78.6 Å². The Hall–Kier alpha value is -2.56. The fourth-order valence-corrected chi connectivity index (χ4v) is 3.75. The van der Waals surface area contributed by atoms with E-state index in [4.69, 9.17) is 15.2 Å². The molecular weight excluding hydrogens is 342 g/mol. The summed E-state index contributed by atoms with van der Waals surface area (Å²) in [6.07, 6.45) is 0.709. The van der Waals surface area contributed by atoms with Crippen molar-refractivity contribution in [3.05, 3.63) is 58.2 Å². The maximum absolute atomic E-state index is 13.0. The van der Waals surface area contributed by atoms with E-state index in [-0.39, 0.29) is 28.8 Å². The Labute approximate surface area is 160 Å². The van der Waals surface area contributed by atoms with Gasteiger partial charge in [0.1, 0.15) is 11.3 Å². The van der Waals surface area contributed by atoms with Crippen LogP contribution in [0.25, 0.3) is 0 Å². The zero-order valence-corrected chi connectivity index (χ0v) is 16.6. The lowest BCUT2D eigenvalue weighted by Crippen LogP contribution is -2.36. The normalized spacial score (nSPS) is 21.9. The van der Waals surface area contributed by atoms with E-state index >= 15 is 0 Å². The summed E-state index contributed by atoms with van der Waals surface area (Å²) >= 11 is 0. The number of hydrogen-bond donors (Lipinski definition) is 1. The van der Waals surface area contributed by atoms with Crippen molar-refractivity contribution < 1.29 is 19.1 Å². The molecule has 144 valence electrons. The van der Waals surface area contributed by atoms with Gasteiger partial charge in [-0.3, -0.25) is 4.79 Å². The number of ketones is 1. The van der Waals surface area contributed by atoms with Crippen LogP contribution in [0.3, 0.4) is 0 Å². The number of hydrogen-bond acceptors (Lipinski definition) is 5. The van der Waals surface area contributed by atoms with Gasteiger partial charge in [-0.25, -0.2) is 4.79 Å². The van der Waals surface area contributed by atoms with Crippen molar-refractivity contribution in [2.75, 3.05) is 0 Å². The van der Waals surface area contributed by atoms with Crippen LogP contribution in [0.5, 0.6) is 0 Å². The lowest BCUT2D eigenvalue weighted by Gasteiger charge is -2.38. The summed E-state index contributed by atoms with van der Waals surface area (Å²) in [6.45, 7) is 9.60. The Morgan fingerprint density at radius 3 is 2.44 bits per heavy atom. The van der Waals surface area contributed by atoms with Crippen LogP contribution in [-0.4, -0.2) is 17.9 Å². The first kappa shape index (κ1) is 19.2. The molecule has 1 aliphatic heterocycles. The number of Topliss-reactive ketones (excluding diaryl/α,β-unsaturated/α-hetero) is 1. The van der Waals surface area contributed by atoms with Crippen molar-refractivity contribution in [2.45, 2.75) is 59.5 Å². The van der Waals surface area contributed by atoms with Crippen molar-refractivity contribution in [3.63, 3.8) is 0 Å². The molecule has 5 nitrogen and oxygen atoms in total. The van der Waals surface area contributed by atoms with Crippen LogP contribution in [0.4, 0.5) is 0 Å². The van der Waals surface area contributed by atoms with Crippen LogP contribution >= 0.6 is 0 Å². The molecule has 2 N–H and O–H groups in total. The summed E-state index contributed by atoms with van der Waals surface area (Å²) in [5, 5.41) is 0. The average molecular weight is 369 g/mol. The van der Waals surface area contributed by atoms with E-state index in [2.05, 4.69) is 0 Å². The molecule has 2 aliphatic rings. The molecule has 0 bridgehead atoms. The number of ether oxygens (including phenoxy) is 2. The number of carbonyl (C=O) groups is 2. The van der Waals surface area contributed by atoms with Crippen LogP contribution in [0.1, 0.15) is 57.6 Å². The molecule has 0 saturated heterocycles. The maximum Gasteiger partial charge on any atom is 0.340 e. The third kappa shape index (κ3) is 3.77. The second-order valence-corrected chi connectivity index (χ2v) is 8.46. The lowest BCUT2D eigenvalue weighted by molar-refractivity contribution is -0.143. The van der Waals surface area contributed by atoms with Gasteiger partial charge in [-0.05, 0) is 31.7 Å². The van der Waals surface area contributed by atoms with Gasteiger partial charge in [0, 0.05) is 18.4 Å². The first-order valence-electron chi connectivity index (χ1n) is 9.30. The van der Waals surface area contributed by atoms with Crippen LogP contribution < -0.4 is 5.73 Å². The van der Waals surface area contributed by atoms with E-state index in [0.717, 1.165) is 11.1 Å². The lowest BCUT2D eigenvalue weighted by atomic mass is 9.70. The molecule has 5 heteroatoms. The molecule has 0 saturated carbocycles. The summed E-state index contributed by atoms with van der Waals surface area (Å²) in [5.74, 6) is -0.522. The van der Waals surface area contributed by atoms with Gasteiger partial charge in [0.25, 0.3) is 0 Å². The molecule has 1 atom stereocenters. The van der Waals surface area contributed by atoms with Gasteiger partial charge in [-0.15, -0.1) is 0 Å². The molecule has 0 spiro atoms. The zero-order chi connectivity index (χ0) is 19.9. The van der Waals surface area contributed by atoms with Gasteiger partial charge in [-0.1, -0.05) is 43.7 Å². The maximum atomic E-state index is 13.0. The largest absolute Gasteiger partial charge is 0.459 e. The number of benzene rings is 1. The number of aryl methyl sites for hydroxylation is 1. The van der Waals surface area contributed by atoms with Crippen molar-refractivity contribution in [1.82, 2.24) is 0 Å². The number of allylic oxidation sites excluding steroid dienone is 2. The Morgan fingerprint density at radius 2 is 1.85 bits per heavy atom. The van der Waals surface area contributed by atoms with Crippen molar-refractivity contribution >= 4 is 11.8 Å². The minimum atomic E-state index is -0.566. The molecule has 0 aromatic heterocycles. The van der Waals surface area contributed by atoms with Crippen LogP contribution in [0.2, 0.25) is 0 Å². The highest BCUT2D eigenvalue weighted by Gasteiger charge is 2.45. The van der Waals surface area contributed by atoms with Crippen LogP contribution in [0.15, 0.2) is 47.1 Å². The summed E-state index contributed by atoms with van der Waals surface area (Å²) in [4.78, 5) is 25.8. The Morgan fingerprint density at radius 1 is 1.22 bits per heavy atom. The smallest absolute Gasteiger partial charge is 0.340 e. The molecule has 3 rings (SSSR count). The monoisotopic (exact) mass is 369 g/mol. The average Bonchev–Trinajstić information content (AvgIpc) is 2.52. The first-order valence-corrected chi connectivity index (χ1v) is 9.30. The molecule has 0 fully saturated rings. The third-order valence-corrected chi connectivity index (χ3v) is 4.93. The highest BCUT2D eigenvalue weighted by molar-refractivity contribution is 6.03. The van der Waals surface area contributed by atoms with E-state index in [1.165, 1.54) is 0 Å². The fourth-order valence-electron chi connectivity index (χ4n) is 3.75. The molecule has 1 aromatic carbocycles. The zero-order valence-electron chi connectivity index (χ0n) is 16.6. The Balaban J connectivity index is 2.15.